The van der Waals surface area contributed by atoms with Gasteiger partial charge < -0.3 is 18.9 Å². The zero-order valence-corrected chi connectivity index (χ0v) is 24.3. The molecule has 46 heavy (non-hydrogen) atoms. The summed E-state index contributed by atoms with van der Waals surface area (Å²) >= 11 is 0. The first-order valence-electron chi connectivity index (χ1n) is 14.2. The SMILES string of the molecule is CCc1cn([C@@H]2O[C@H](COC(=O)c3ccccc3)[C@@H](OC(=O)c3ccccc3)[C@H]2OC(=O)c2ccccc2)c(=O)nc1C(F)(F)F. The van der Waals surface area contributed by atoms with Gasteiger partial charge in [-0.1, -0.05) is 61.5 Å². The van der Waals surface area contributed by atoms with Crippen molar-refractivity contribution < 1.29 is 46.5 Å². The average Bonchev–Trinajstić information content (AvgIpc) is 3.39. The molecule has 0 amide bonds. The summed E-state index contributed by atoms with van der Waals surface area (Å²) in [6.45, 7) is 0.902. The fraction of sp³-hybridized carbons (Fsp3) is 0.242. The highest BCUT2D eigenvalue weighted by molar-refractivity contribution is 5.91. The number of hydrogen-bond donors (Lipinski definition) is 0. The van der Waals surface area contributed by atoms with Crippen LogP contribution in [0.4, 0.5) is 13.2 Å². The summed E-state index contributed by atoms with van der Waals surface area (Å²) in [5.41, 5.74) is -2.63. The fourth-order valence-corrected chi connectivity index (χ4v) is 4.88. The number of esters is 3. The van der Waals surface area contributed by atoms with Crippen molar-refractivity contribution in [3.8, 4) is 0 Å². The first-order chi connectivity index (χ1) is 22.1. The van der Waals surface area contributed by atoms with E-state index in [2.05, 4.69) is 4.98 Å². The average molecular weight is 637 g/mol. The Labute approximate surface area is 260 Å². The van der Waals surface area contributed by atoms with Crippen molar-refractivity contribution >= 4 is 17.9 Å². The molecule has 0 aliphatic carbocycles. The van der Waals surface area contributed by atoms with Crippen LogP contribution in [0.2, 0.25) is 0 Å². The van der Waals surface area contributed by atoms with E-state index in [0.29, 0.717) is 0 Å². The monoisotopic (exact) mass is 636 g/mol. The minimum Gasteiger partial charge on any atom is -0.459 e. The zero-order chi connectivity index (χ0) is 32.8. The molecule has 1 saturated heterocycles. The van der Waals surface area contributed by atoms with Crippen molar-refractivity contribution in [1.82, 2.24) is 9.55 Å². The number of carbonyl (C=O) groups is 3. The lowest BCUT2D eigenvalue weighted by Gasteiger charge is -2.25. The standard InChI is InChI=1S/C33H27F3N2O8/c1-2-20-18-38(32(42)37-27(20)33(34,35)36)28-26(46-31(41)23-16-10-5-11-17-23)25(45-30(40)22-14-8-4-9-15-22)24(44-28)19-43-29(39)21-12-6-3-7-13-21/h3-18,24-26,28H,2,19H2,1H3/t24-,25-,26-,28-/m1/s1. The van der Waals surface area contributed by atoms with Gasteiger partial charge in [-0.15, -0.1) is 0 Å². The van der Waals surface area contributed by atoms with Crippen molar-refractivity contribution in [2.45, 2.75) is 44.1 Å². The molecular weight excluding hydrogens is 609 g/mol. The Morgan fingerprint density at radius 2 is 1.26 bits per heavy atom. The minimum absolute atomic E-state index is 0.0977. The largest absolute Gasteiger partial charge is 0.459 e. The molecule has 10 nitrogen and oxygen atoms in total. The number of hydrogen-bond acceptors (Lipinski definition) is 9. The van der Waals surface area contributed by atoms with Gasteiger partial charge in [0.1, 0.15) is 12.7 Å². The van der Waals surface area contributed by atoms with Crippen LogP contribution < -0.4 is 5.69 Å². The van der Waals surface area contributed by atoms with Crippen LogP contribution in [0.3, 0.4) is 0 Å². The van der Waals surface area contributed by atoms with E-state index in [0.717, 1.165) is 10.8 Å². The van der Waals surface area contributed by atoms with Gasteiger partial charge in [-0.05, 0) is 48.4 Å². The summed E-state index contributed by atoms with van der Waals surface area (Å²) in [5, 5.41) is 0. The van der Waals surface area contributed by atoms with E-state index in [4.69, 9.17) is 18.9 Å². The van der Waals surface area contributed by atoms with Gasteiger partial charge >= 0.3 is 29.8 Å². The maximum absolute atomic E-state index is 13.7. The van der Waals surface area contributed by atoms with Crippen LogP contribution in [0.1, 0.15) is 55.5 Å². The Balaban J connectivity index is 1.56. The number of aryl methyl sites for hydroxylation is 1. The summed E-state index contributed by atoms with van der Waals surface area (Å²) in [6, 6.07) is 23.5. The Morgan fingerprint density at radius 1 is 0.783 bits per heavy atom. The van der Waals surface area contributed by atoms with Crippen LogP contribution in [0, 0.1) is 0 Å². The highest BCUT2D eigenvalue weighted by Crippen LogP contribution is 2.36. The van der Waals surface area contributed by atoms with E-state index in [-0.39, 0.29) is 28.7 Å². The van der Waals surface area contributed by atoms with Crippen molar-refractivity contribution in [3.63, 3.8) is 0 Å². The summed E-state index contributed by atoms with van der Waals surface area (Å²) in [6.07, 6.45) is -10.2. The Bertz CT molecular complexity index is 1750. The molecule has 5 rings (SSSR count). The van der Waals surface area contributed by atoms with Gasteiger partial charge in [-0.3, -0.25) is 4.57 Å². The van der Waals surface area contributed by atoms with Crippen molar-refractivity contribution in [1.29, 1.82) is 0 Å². The van der Waals surface area contributed by atoms with E-state index in [1.54, 1.807) is 54.6 Å². The molecule has 0 bridgehead atoms. The van der Waals surface area contributed by atoms with Gasteiger partial charge in [0, 0.05) is 6.20 Å². The Morgan fingerprint density at radius 3 is 1.74 bits per heavy atom. The second kappa shape index (κ2) is 13.8. The van der Waals surface area contributed by atoms with E-state index < -0.39 is 66.6 Å². The number of nitrogens with zero attached hydrogens (tertiary/aromatic N) is 2. The Kier molecular flexibility index (Phi) is 9.61. The third-order valence-electron chi connectivity index (χ3n) is 7.13. The van der Waals surface area contributed by atoms with Crippen LogP contribution in [-0.4, -0.2) is 52.4 Å². The highest BCUT2D eigenvalue weighted by atomic mass is 19.4. The lowest BCUT2D eigenvalue weighted by molar-refractivity contribution is -0.142. The third kappa shape index (κ3) is 7.15. The van der Waals surface area contributed by atoms with Crippen LogP contribution in [0.25, 0.3) is 0 Å². The molecule has 0 radical (unpaired) electrons. The van der Waals surface area contributed by atoms with Gasteiger partial charge in [0.15, 0.2) is 24.1 Å². The molecule has 0 unspecified atom stereocenters. The molecule has 2 heterocycles. The molecule has 1 aliphatic rings. The second-order valence-electron chi connectivity index (χ2n) is 10.2. The number of ether oxygens (including phenoxy) is 4. The van der Waals surface area contributed by atoms with Gasteiger partial charge in [0.25, 0.3) is 0 Å². The van der Waals surface area contributed by atoms with Crippen LogP contribution in [0.5, 0.6) is 0 Å². The van der Waals surface area contributed by atoms with Gasteiger partial charge in [0.2, 0.25) is 0 Å². The number of halogens is 3. The lowest BCUT2D eigenvalue weighted by atomic mass is 10.1. The van der Waals surface area contributed by atoms with E-state index in [1.165, 1.54) is 43.3 Å². The molecule has 0 saturated carbocycles. The lowest BCUT2D eigenvalue weighted by Crippen LogP contribution is -2.43. The maximum atomic E-state index is 13.7. The van der Waals surface area contributed by atoms with Crippen molar-refractivity contribution in [3.05, 3.63) is 136 Å². The number of aromatic nitrogens is 2. The molecule has 0 spiro atoms. The number of rotatable bonds is 9. The first-order valence-corrected chi connectivity index (χ1v) is 14.2. The number of alkyl halides is 3. The van der Waals surface area contributed by atoms with Crippen LogP contribution in [0.15, 0.2) is 102 Å². The van der Waals surface area contributed by atoms with E-state index in [1.807, 2.05) is 0 Å². The maximum Gasteiger partial charge on any atom is 0.433 e. The molecule has 13 heteroatoms. The molecule has 1 aliphatic heterocycles. The topological polar surface area (TPSA) is 123 Å². The molecule has 1 aromatic heterocycles. The summed E-state index contributed by atoms with van der Waals surface area (Å²) in [5.74, 6) is -2.51. The molecule has 1 fully saturated rings. The summed E-state index contributed by atoms with van der Waals surface area (Å²) in [7, 11) is 0. The third-order valence-corrected chi connectivity index (χ3v) is 7.13. The molecular formula is C33H27F3N2O8. The number of carbonyl (C=O) groups excluding carboxylic acids is 3. The quantitative estimate of drug-likeness (QED) is 0.184. The van der Waals surface area contributed by atoms with Crippen LogP contribution >= 0.6 is 0 Å². The Hall–Kier alpha value is -5.30. The van der Waals surface area contributed by atoms with Gasteiger partial charge in [-0.2, -0.15) is 18.2 Å². The summed E-state index contributed by atoms with van der Waals surface area (Å²) < 4.78 is 64.9. The van der Waals surface area contributed by atoms with E-state index >= 15 is 0 Å². The second-order valence-corrected chi connectivity index (χ2v) is 10.2. The van der Waals surface area contributed by atoms with Crippen molar-refractivity contribution in [2.75, 3.05) is 6.61 Å². The number of benzene rings is 3. The molecule has 4 aromatic rings. The van der Waals surface area contributed by atoms with E-state index in [9.17, 15) is 32.3 Å². The molecule has 238 valence electrons. The minimum atomic E-state index is -4.92. The molecule has 0 N–H and O–H groups in total. The summed E-state index contributed by atoms with van der Waals surface area (Å²) in [4.78, 5) is 55.7. The van der Waals surface area contributed by atoms with Gasteiger partial charge in [0.05, 0.1) is 16.7 Å². The predicted octanol–water partition coefficient (Wildman–Crippen LogP) is 5.03. The van der Waals surface area contributed by atoms with Gasteiger partial charge in [-0.25, -0.2) is 19.2 Å². The fourth-order valence-electron chi connectivity index (χ4n) is 4.88. The highest BCUT2D eigenvalue weighted by Gasteiger charge is 2.52. The van der Waals surface area contributed by atoms with Crippen LogP contribution in [-0.2, 0) is 31.5 Å². The van der Waals surface area contributed by atoms with Crippen molar-refractivity contribution in [2.24, 2.45) is 0 Å². The zero-order valence-electron chi connectivity index (χ0n) is 24.3. The normalized spacial score (nSPS) is 19.3. The first kappa shape index (κ1) is 32.1. The molecule has 3 aromatic carbocycles. The molecule has 4 atom stereocenters. The smallest absolute Gasteiger partial charge is 0.433 e. The predicted molar refractivity (Wildman–Crippen MR) is 155 cm³/mol.